The molecule has 6 nitrogen and oxygen atoms in total. The third-order valence-corrected chi connectivity index (χ3v) is 2.39. The zero-order valence-electron chi connectivity index (χ0n) is 9.12. The van der Waals surface area contributed by atoms with Crippen molar-refractivity contribution in [3.63, 3.8) is 0 Å². The van der Waals surface area contributed by atoms with Gasteiger partial charge in [-0.25, -0.2) is 0 Å². The van der Waals surface area contributed by atoms with Crippen LogP contribution >= 0.6 is 11.6 Å². The molecule has 92 valence electrons. The van der Waals surface area contributed by atoms with E-state index in [0.29, 0.717) is 16.3 Å². The molecule has 0 aliphatic heterocycles. The monoisotopic (exact) mass is 257 g/mol. The van der Waals surface area contributed by atoms with Crippen LogP contribution < -0.4 is 4.74 Å². The molecule has 0 spiro atoms. The minimum atomic E-state index is -1.19. The maximum Gasteiger partial charge on any atom is 0.120 e. The SMILES string of the molecule is COc1cc(Cl)cc(C(O)C(O)CN=[N+]=[N-])c1. The Morgan fingerprint density at radius 1 is 1.47 bits per heavy atom. The first kappa shape index (κ1) is 13.6. The maximum absolute atomic E-state index is 9.81. The van der Waals surface area contributed by atoms with Crippen LogP contribution in [0.5, 0.6) is 5.75 Å². The molecule has 0 aliphatic carbocycles. The minimum Gasteiger partial charge on any atom is -0.497 e. The van der Waals surface area contributed by atoms with Gasteiger partial charge in [-0.05, 0) is 29.3 Å². The smallest absolute Gasteiger partial charge is 0.120 e. The highest BCUT2D eigenvalue weighted by molar-refractivity contribution is 6.30. The van der Waals surface area contributed by atoms with Crippen LogP contribution in [0.2, 0.25) is 5.02 Å². The highest BCUT2D eigenvalue weighted by atomic mass is 35.5. The molecule has 7 heteroatoms. The van der Waals surface area contributed by atoms with E-state index in [1.165, 1.54) is 13.2 Å². The first-order chi connectivity index (χ1) is 8.08. The van der Waals surface area contributed by atoms with Gasteiger partial charge < -0.3 is 14.9 Å². The van der Waals surface area contributed by atoms with E-state index >= 15 is 0 Å². The molecule has 0 amide bonds. The maximum atomic E-state index is 9.81. The Hall–Kier alpha value is -1.46. The van der Waals surface area contributed by atoms with Gasteiger partial charge in [0.2, 0.25) is 0 Å². The minimum absolute atomic E-state index is 0.216. The molecule has 0 aromatic heterocycles. The van der Waals surface area contributed by atoms with Crippen LogP contribution in [-0.4, -0.2) is 30.0 Å². The number of benzene rings is 1. The van der Waals surface area contributed by atoms with Crippen molar-refractivity contribution in [2.45, 2.75) is 12.2 Å². The Balaban J connectivity index is 2.90. The summed E-state index contributed by atoms with van der Waals surface area (Å²) < 4.78 is 4.99. The topological polar surface area (TPSA) is 98.5 Å². The van der Waals surface area contributed by atoms with Crippen LogP contribution in [0.3, 0.4) is 0 Å². The molecule has 1 aromatic rings. The zero-order chi connectivity index (χ0) is 12.8. The number of nitrogens with zero attached hydrogens (tertiary/aromatic N) is 3. The van der Waals surface area contributed by atoms with Gasteiger partial charge in [0, 0.05) is 9.93 Å². The number of halogens is 1. The summed E-state index contributed by atoms with van der Waals surface area (Å²) in [7, 11) is 1.47. The average molecular weight is 258 g/mol. The van der Waals surface area contributed by atoms with Gasteiger partial charge in [-0.15, -0.1) is 0 Å². The summed E-state index contributed by atoms with van der Waals surface area (Å²) in [6.45, 7) is -0.216. The molecule has 1 rings (SSSR count). The Morgan fingerprint density at radius 3 is 2.76 bits per heavy atom. The quantitative estimate of drug-likeness (QED) is 0.480. The number of aliphatic hydroxyl groups excluding tert-OH is 2. The Kier molecular flexibility index (Phi) is 5.06. The molecule has 0 saturated carbocycles. The summed E-state index contributed by atoms with van der Waals surface area (Å²) in [5.74, 6) is 0.475. The lowest BCUT2D eigenvalue weighted by Crippen LogP contribution is -2.21. The molecule has 2 atom stereocenters. The van der Waals surface area contributed by atoms with Crippen LogP contribution in [0.4, 0.5) is 0 Å². The highest BCUT2D eigenvalue weighted by Crippen LogP contribution is 2.26. The van der Waals surface area contributed by atoms with E-state index < -0.39 is 12.2 Å². The van der Waals surface area contributed by atoms with Crippen molar-refractivity contribution in [2.24, 2.45) is 5.11 Å². The van der Waals surface area contributed by atoms with E-state index in [2.05, 4.69) is 10.0 Å². The zero-order valence-corrected chi connectivity index (χ0v) is 9.87. The predicted octanol–water partition coefficient (Wildman–Crippen LogP) is 2.05. The summed E-state index contributed by atoms with van der Waals surface area (Å²) in [4.78, 5) is 2.51. The van der Waals surface area contributed by atoms with Crippen molar-refractivity contribution in [3.05, 3.63) is 39.2 Å². The van der Waals surface area contributed by atoms with Gasteiger partial charge in [0.25, 0.3) is 0 Å². The van der Waals surface area contributed by atoms with Crippen LogP contribution in [0, 0.1) is 0 Å². The molecule has 0 radical (unpaired) electrons. The lowest BCUT2D eigenvalue weighted by atomic mass is 10.0. The van der Waals surface area contributed by atoms with Crippen LogP contribution in [0.25, 0.3) is 10.4 Å². The summed E-state index contributed by atoms with van der Waals surface area (Å²) in [5, 5.41) is 22.9. The van der Waals surface area contributed by atoms with E-state index in [9.17, 15) is 10.2 Å². The van der Waals surface area contributed by atoms with E-state index in [0.717, 1.165) is 0 Å². The molecular weight excluding hydrogens is 246 g/mol. The van der Waals surface area contributed by atoms with Gasteiger partial charge in [-0.3, -0.25) is 0 Å². The molecule has 0 aliphatic rings. The van der Waals surface area contributed by atoms with Crippen molar-refractivity contribution in [3.8, 4) is 5.75 Å². The largest absolute Gasteiger partial charge is 0.497 e. The second-order valence-electron chi connectivity index (χ2n) is 3.35. The second-order valence-corrected chi connectivity index (χ2v) is 3.79. The second kappa shape index (κ2) is 6.32. The van der Waals surface area contributed by atoms with Gasteiger partial charge in [0.15, 0.2) is 0 Å². The Morgan fingerprint density at radius 2 is 2.18 bits per heavy atom. The normalized spacial score (nSPS) is 13.6. The van der Waals surface area contributed by atoms with Crippen LogP contribution in [0.1, 0.15) is 11.7 Å². The molecule has 17 heavy (non-hydrogen) atoms. The van der Waals surface area contributed by atoms with Gasteiger partial charge in [0.1, 0.15) is 11.9 Å². The number of hydrogen-bond donors (Lipinski definition) is 2. The molecule has 0 fully saturated rings. The fourth-order valence-corrected chi connectivity index (χ4v) is 1.55. The third-order valence-electron chi connectivity index (χ3n) is 2.17. The summed E-state index contributed by atoms with van der Waals surface area (Å²) in [6, 6.07) is 4.64. The average Bonchev–Trinajstić information content (AvgIpc) is 2.34. The van der Waals surface area contributed by atoms with E-state index in [1.54, 1.807) is 12.1 Å². The first-order valence-corrected chi connectivity index (χ1v) is 5.17. The van der Waals surface area contributed by atoms with Crippen molar-refractivity contribution in [2.75, 3.05) is 13.7 Å². The van der Waals surface area contributed by atoms with E-state index in [-0.39, 0.29) is 6.54 Å². The van der Waals surface area contributed by atoms with Gasteiger partial charge >= 0.3 is 0 Å². The summed E-state index contributed by atoms with van der Waals surface area (Å²) in [6.07, 6.45) is -2.37. The molecule has 1 aromatic carbocycles. The van der Waals surface area contributed by atoms with E-state index in [4.69, 9.17) is 21.9 Å². The number of rotatable bonds is 5. The van der Waals surface area contributed by atoms with Gasteiger partial charge in [0.05, 0.1) is 19.8 Å². The number of hydrogen-bond acceptors (Lipinski definition) is 4. The number of azide groups is 1. The third kappa shape index (κ3) is 3.80. The molecule has 0 bridgehead atoms. The number of aliphatic hydroxyl groups is 2. The summed E-state index contributed by atoms with van der Waals surface area (Å²) in [5.41, 5.74) is 8.52. The number of methoxy groups -OCH3 is 1. The molecule has 0 heterocycles. The number of ether oxygens (including phenoxy) is 1. The van der Waals surface area contributed by atoms with Gasteiger partial charge in [-0.1, -0.05) is 16.7 Å². The summed E-state index contributed by atoms with van der Waals surface area (Å²) >= 11 is 5.83. The van der Waals surface area contributed by atoms with Crippen LogP contribution in [-0.2, 0) is 0 Å². The van der Waals surface area contributed by atoms with Crippen molar-refractivity contribution < 1.29 is 14.9 Å². The lowest BCUT2D eigenvalue weighted by molar-refractivity contribution is 0.0243. The lowest BCUT2D eigenvalue weighted by Gasteiger charge is -2.17. The standard InChI is InChI=1S/C10H12ClN3O3/c1-17-8-3-6(2-7(11)4-8)10(16)9(15)5-13-14-12/h2-4,9-10,15-16H,5H2,1H3. The first-order valence-electron chi connectivity index (χ1n) is 4.80. The highest BCUT2D eigenvalue weighted by Gasteiger charge is 2.18. The van der Waals surface area contributed by atoms with Crippen molar-refractivity contribution in [1.82, 2.24) is 0 Å². The molecular formula is C10H12ClN3O3. The van der Waals surface area contributed by atoms with E-state index in [1.807, 2.05) is 0 Å². The molecule has 2 unspecified atom stereocenters. The fourth-order valence-electron chi connectivity index (χ4n) is 1.32. The fraction of sp³-hybridized carbons (Fsp3) is 0.400. The Bertz CT molecular complexity index is 435. The molecule has 0 saturated heterocycles. The predicted molar refractivity (Wildman–Crippen MR) is 63.0 cm³/mol. The van der Waals surface area contributed by atoms with Crippen molar-refractivity contribution in [1.29, 1.82) is 0 Å². The molecule has 2 N–H and O–H groups in total. The van der Waals surface area contributed by atoms with Crippen molar-refractivity contribution >= 4 is 11.6 Å². The Labute approximate surface area is 103 Å². The van der Waals surface area contributed by atoms with Gasteiger partial charge in [-0.2, -0.15) is 0 Å². The van der Waals surface area contributed by atoms with Crippen LogP contribution in [0.15, 0.2) is 23.3 Å².